The number of fused-ring (bicyclic) bond motifs is 6. The van der Waals surface area contributed by atoms with Crippen LogP contribution in [0.15, 0.2) is 48.5 Å². The SMILES string of the molecule is CC(C)(C)O[C@H]1CC[C@@]2(C)C(CC[C@@H]3[C@@H]2CC[C@]2(C)C(c4ccc5ccccc5c4)=CC[C@@H]32)C1. The summed E-state index contributed by atoms with van der Waals surface area (Å²) in [5.41, 5.74) is 3.97. The van der Waals surface area contributed by atoms with Gasteiger partial charge in [-0.05, 0) is 135 Å². The summed E-state index contributed by atoms with van der Waals surface area (Å²) in [5, 5.41) is 2.73. The zero-order valence-corrected chi connectivity index (χ0v) is 22.1. The third-order valence-electron chi connectivity index (χ3n) is 10.8. The van der Waals surface area contributed by atoms with Crippen molar-refractivity contribution in [3.8, 4) is 0 Å². The molecule has 0 N–H and O–H groups in total. The van der Waals surface area contributed by atoms with Crippen molar-refractivity contribution in [2.24, 2.45) is 34.5 Å². The molecule has 0 radical (unpaired) electrons. The van der Waals surface area contributed by atoms with Gasteiger partial charge in [0.2, 0.25) is 0 Å². The van der Waals surface area contributed by atoms with Crippen LogP contribution in [0.5, 0.6) is 0 Å². The summed E-state index contributed by atoms with van der Waals surface area (Å²) in [4.78, 5) is 0. The fraction of sp³-hybridized carbons (Fsp3) is 0.636. The molecule has 1 unspecified atom stereocenters. The van der Waals surface area contributed by atoms with Gasteiger partial charge in [0.15, 0.2) is 0 Å². The standard InChI is InChI=1S/C33H44O/c1-31(2,3)34-26-16-18-32(4)25(21-26)12-13-27-29-15-14-28(33(29,5)19-17-30(27)32)24-11-10-22-8-6-7-9-23(22)20-24/h6-11,14,20,25-27,29-30H,12-13,15-19,21H2,1-5H3/t25?,26-,27-,29-,30-,32-,33+/m0/s1. The molecule has 0 spiro atoms. The normalized spacial score (nSPS) is 39.8. The number of allylic oxidation sites excluding steroid dienone is 2. The average Bonchev–Trinajstić information content (AvgIpc) is 3.15. The molecule has 2 aromatic rings. The second kappa shape index (κ2) is 7.95. The van der Waals surface area contributed by atoms with Crippen LogP contribution >= 0.6 is 0 Å². The number of hydrogen-bond acceptors (Lipinski definition) is 1. The van der Waals surface area contributed by atoms with Crippen LogP contribution in [0.4, 0.5) is 0 Å². The molecule has 0 aliphatic heterocycles. The molecule has 4 aliphatic rings. The maximum Gasteiger partial charge on any atom is 0.0602 e. The lowest BCUT2D eigenvalue weighted by Gasteiger charge is -2.61. The zero-order chi connectivity index (χ0) is 23.7. The Morgan fingerprint density at radius 3 is 2.44 bits per heavy atom. The van der Waals surface area contributed by atoms with Crippen molar-refractivity contribution < 1.29 is 4.74 Å². The summed E-state index contributed by atoms with van der Waals surface area (Å²) in [6.07, 6.45) is 13.9. The van der Waals surface area contributed by atoms with E-state index in [0.717, 1.165) is 23.7 Å². The molecule has 1 nitrogen and oxygen atoms in total. The van der Waals surface area contributed by atoms with E-state index < -0.39 is 0 Å². The van der Waals surface area contributed by atoms with Crippen LogP contribution in [0.3, 0.4) is 0 Å². The first-order chi connectivity index (χ1) is 16.2. The monoisotopic (exact) mass is 456 g/mol. The van der Waals surface area contributed by atoms with Gasteiger partial charge in [0.05, 0.1) is 11.7 Å². The predicted octanol–water partition coefficient (Wildman–Crippen LogP) is 9.06. The Balaban J connectivity index is 1.23. The summed E-state index contributed by atoms with van der Waals surface area (Å²) in [6, 6.07) is 16.0. The van der Waals surface area contributed by atoms with Gasteiger partial charge in [0.1, 0.15) is 0 Å². The topological polar surface area (TPSA) is 9.23 Å². The fourth-order valence-electron chi connectivity index (χ4n) is 9.20. The van der Waals surface area contributed by atoms with Crippen LogP contribution in [0.25, 0.3) is 16.3 Å². The molecule has 0 bridgehead atoms. The third-order valence-corrected chi connectivity index (χ3v) is 10.8. The minimum atomic E-state index is -0.0169. The Morgan fingerprint density at radius 2 is 1.65 bits per heavy atom. The van der Waals surface area contributed by atoms with E-state index in [1.54, 1.807) is 5.57 Å². The molecular formula is C33H44O. The van der Waals surface area contributed by atoms with E-state index in [-0.39, 0.29) is 5.60 Å². The highest BCUT2D eigenvalue weighted by Crippen LogP contribution is 2.67. The minimum absolute atomic E-state index is 0.0169. The van der Waals surface area contributed by atoms with E-state index in [1.165, 1.54) is 67.7 Å². The van der Waals surface area contributed by atoms with E-state index in [0.29, 0.717) is 16.9 Å². The summed E-state index contributed by atoms with van der Waals surface area (Å²) in [7, 11) is 0. The van der Waals surface area contributed by atoms with E-state index in [9.17, 15) is 0 Å². The van der Waals surface area contributed by atoms with Crippen molar-refractivity contribution in [3.63, 3.8) is 0 Å². The van der Waals surface area contributed by atoms with Gasteiger partial charge in [-0.25, -0.2) is 0 Å². The smallest absolute Gasteiger partial charge is 0.0602 e. The number of hydrogen-bond donors (Lipinski definition) is 0. The minimum Gasteiger partial charge on any atom is -0.373 e. The Kier molecular flexibility index (Phi) is 5.34. The lowest BCUT2D eigenvalue weighted by molar-refractivity contribution is -0.148. The van der Waals surface area contributed by atoms with E-state index in [1.807, 2.05) is 0 Å². The van der Waals surface area contributed by atoms with Crippen molar-refractivity contribution in [3.05, 3.63) is 54.1 Å². The number of benzene rings is 2. The van der Waals surface area contributed by atoms with Crippen molar-refractivity contribution in [1.82, 2.24) is 0 Å². The van der Waals surface area contributed by atoms with Crippen LogP contribution in [0, 0.1) is 34.5 Å². The van der Waals surface area contributed by atoms with Crippen molar-refractivity contribution in [1.29, 1.82) is 0 Å². The number of rotatable bonds is 2. The van der Waals surface area contributed by atoms with E-state index in [2.05, 4.69) is 83.2 Å². The van der Waals surface area contributed by atoms with Crippen LogP contribution in [0.2, 0.25) is 0 Å². The summed E-state index contributed by atoms with van der Waals surface area (Å²) in [5.74, 6) is 3.49. The maximum atomic E-state index is 6.48. The second-order valence-corrected chi connectivity index (χ2v) is 13.7. The highest BCUT2D eigenvalue weighted by molar-refractivity contribution is 5.87. The molecule has 0 amide bonds. The van der Waals surface area contributed by atoms with Gasteiger partial charge >= 0.3 is 0 Å². The number of ether oxygens (including phenoxy) is 1. The average molecular weight is 457 g/mol. The van der Waals surface area contributed by atoms with Gasteiger partial charge in [-0.1, -0.05) is 56.3 Å². The summed E-state index contributed by atoms with van der Waals surface area (Å²) >= 11 is 0. The molecule has 3 fully saturated rings. The second-order valence-electron chi connectivity index (χ2n) is 13.7. The highest BCUT2D eigenvalue weighted by atomic mass is 16.5. The summed E-state index contributed by atoms with van der Waals surface area (Å²) < 4.78 is 6.48. The summed E-state index contributed by atoms with van der Waals surface area (Å²) in [6.45, 7) is 12.0. The Bertz CT molecular complexity index is 1100. The molecule has 0 saturated heterocycles. The Hall–Kier alpha value is -1.60. The maximum absolute atomic E-state index is 6.48. The van der Waals surface area contributed by atoms with E-state index >= 15 is 0 Å². The first kappa shape index (κ1) is 22.8. The molecule has 0 heterocycles. The van der Waals surface area contributed by atoms with Gasteiger partial charge < -0.3 is 4.74 Å². The zero-order valence-electron chi connectivity index (χ0n) is 22.1. The van der Waals surface area contributed by atoms with Gasteiger partial charge in [-0.15, -0.1) is 0 Å². The lowest BCUT2D eigenvalue weighted by Crippen LogP contribution is -2.54. The van der Waals surface area contributed by atoms with Crippen LogP contribution in [-0.2, 0) is 4.74 Å². The predicted molar refractivity (Wildman–Crippen MR) is 144 cm³/mol. The lowest BCUT2D eigenvalue weighted by atomic mass is 9.44. The van der Waals surface area contributed by atoms with Gasteiger partial charge in [0, 0.05) is 0 Å². The van der Waals surface area contributed by atoms with Crippen LogP contribution in [-0.4, -0.2) is 11.7 Å². The first-order valence-corrected chi connectivity index (χ1v) is 14.0. The molecule has 3 saturated carbocycles. The molecule has 7 atom stereocenters. The van der Waals surface area contributed by atoms with Crippen LogP contribution < -0.4 is 0 Å². The Labute approximate surface area is 207 Å². The molecule has 0 aromatic heterocycles. The van der Waals surface area contributed by atoms with Crippen LogP contribution in [0.1, 0.15) is 91.5 Å². The first-order valence-electron chi connectivity index (χ1n) is 14.0. The van der Waals surface area contributed by atoms with Crippen molar-refractivity contribution in [2.75, 3.05) is 0 Å². The molecule has 6 rings (SSSR count). The molecule has 4 aliphatic carbocycles. The van der Waals surface area contributed by atoms with E-state index in [4.69, 9.17) is 4.74 Å². The molecule has 34 heavy (non-hydrogen) atoms. The third kappa shape index (κ3) is 3.60. The van der Waals surface area contributed by atoms with Gasteiger partial charge in [-0.2, -0.15) is 0 Å². The molecule has 1 heteroatoms. The quantitative estimate of drug-likeness (QED) is 0.438. The molecule has 2 aromatic carbocycles. The van der Waals surface area contributed by atoms with Gasteiger partial charge in [-0.3, -0.25) is 0 Å². The molecular weight excluding hydrogens is 412 g/mol. The fourth-order valence-corrected chi connectivity index (χ4v) is 9.20. The molecule has 182 valence electrons. The Morgan fingerprint density at radius 1 is 0.853 bits per heavy atom. The van der Waals surface area contributed by atoms with Crippen molar-refractivity contribution in [2.45, 2.75) is 97.7 Å². The largest absolute Gasteiger partial charge is 0.373 e. The highest BCUT2D eigenvalue weighted by Gasteiger charge is 2.58. The van der Waals surface area contributed by atoms with Gasteiger partial charge in [0.25, 0.3) is 0 Å². The van der Waals surface area contributed by atoms with Crippen molar-refractivity contribution >= 4 is 16.3 Å².